The molecule has 0 saturated heterocycles. The number of aromatic nitrogens is 2. The topological polar surface area (TPSA) is 63.3 Å². The highest BCUT2D eigenvalue weighted by Gasteiger charge is 2.21. The van der Waals surface area contributed by atoms with Gasteiger partial charge in [0.15, 0.2) is 5.82 Å². The Labute approximate surface area is 354 Å². The molecular formula is C56H38N4O. The molecule has 1 atom stereocenters. The first-order valence-electron chi connectivity index (χ1n) is 20.5. The Kier molecular flexibility index (Phi) is 9.17. The maximum atomic E-state index is 6.55. The van der Waals surface area contributed by atoms with E-state index in [1.54, 1.807) is 0 Å². The second kappa shape index (κ2) is 15.6. The van der Waals surface area contributed by atoms with Crippen LogP contribution in [0.5, 0.6) is 0 Å². The fourth-order valence-corrected chi connectivity index (χ4v) is 8.24. The van der Waals surface area contributed by atoms with Gasteiger partial charge in [-0.05, 0) is 69.3 Å². The van der Waals surface area contributed by atoms with Gasteiger partial charge in [0.1, 0.15) is 17.3 Å². The van der Waals surface area contributed by atoms with Crippen molar-refractivity contribution in [2.45, 2.75) is 6.17 Å². The monoisotopic (exact) mass is 782 g/mol. The first kappa shape index (κ1) is 36.0. The summed E-state index contributed by atoms with van der Waals surface area (Å²) in [6.07, 6.45) is 1.95. The Hall–Kier alpha value is -8.15. The Bertz CT molecular complexity index is 3170. The molecule has 61 heavy (non-hydrogen) atoms. The molecule has 3 heterocycles. The molecule has 0 radical (unpaired) electrons. The summed E-state index contributed by atoms with van der Waals surface area (Å²) >= 11 is 0. The van der Waals surface area contributed by atoms with Gasteiger partial charge < -0.3 is 9.73 Å². The number of nitrogens with zero attached hydrogens (tertiary/aromatic N) is 3. The van der Waals surface area contributed by atoms with Crippen LogP contribution in [0.1, 0.15) is 22.9 Å². The molecule has 2 aromatic heterocycles. The summed E-state index contributed by atoms with van der Waals surface area (Å²) in [5, 5.41) is 5.90. The number of para-hydroxylation sites is 1. The fourth-order valence-electron chi connectivity index (χ4n) is 8.24. The molecule has 1 unspecified atom stereocenters. The van der Waals surface area contributed by atoms with E-state index >= 15 is 0 Å². The van der Waals surface area contributed by atoms with Crippen LogP contribution in [0.2, 0.25) is 0 Å². The van der Waals surface area contributed by atoms with E-state index in [-0.39, 0.29) is 6.17 Å². The molecule has 10 aromatic rings. The summed E-state index contributed by atoms with van der Waals surface area (Å²) in [7, 11) is 0. The number of hydrogen-bond donors (Lipinski definition) is 1. The highest BCUT2D eigenvalue weighted by atomic mass is 16.3. The van der Waals surface area contributed by atoms with Crippen molar-refractivity contribution < 1.29 is 4.42 Å². The van der Waals surface area contributed by atoms with Crippen LogP contribution in [0.3, 0.4) is 0 Å². The van der Waals surface area contributed by atoms with Gasteiger partial charge >= 0.3 is 0 Å². The lowest BCUT2D eigenvalue weighted by atomic mass is 9.93. The van der Waals surface area contributed by atoms with Gasteiger partial charge in [-0.25, -0.2) is 9.97 Å². The van der Waals surface area contributed by atoms with Gasteiger partial charge in [-0.1, -0.05) is 188 Å². The van der Waals surface area contributed by atoms with E-state index in [4.69, 9.17) is 19.4 Å². The molecule has 1 aliphatic rings. The zero-order valence-electron chi connectivity index (χ0n) is 33.1. The highest BCUT2D eigenvalue weighted by Crippen LogP contribution is 2.41. The molecule has 0 aliphatic carbocycles. The molecular weight excluding hydrogens is 745 g/mol. The third-order valence-electron chi connectivity index (χ3n) is 11.4. The van der Waals surface area contributed by atoms with Crippen molar-refractivity contribution in [3.05, 3.63) is 235 Å². The molecule has 0 spiro atoms. The minimum atomic E-state index is -0.207. The van der Waals surface area contributed by atoms with Crippen molar-refractivity contribution >= 4 is 33.3 Å². The van der Waals surface area contributed by atoms with Crippen LogP contribution >= 0.6 is 0 Å². The molecule has 0 fully saturated rings. The van der Waals surface area contributed by atoms with Crippen LogP contribution in [0.4, 0.5) is 0 Å². The molecule has 0 saturated carbocycles. The molecule has 0 bridgehead atoms. The van der Waals surface area contributed by atoms with Crippen molar-refractivity contribution in [1.82, 2.24) is 15.3 Å². The van der Waals surface area contributed by atoms with E-state index in [0.717, 1.165) is 100 Å². The standard InChI is InChI=1S/C56H38N4O/c1-5-15-39(16-6-1)48-35-49(40-17-7-2-8-18-40)59-56(58-48)44-31-25-37(26-32-44)45-33-47(54-46-23-13-14-24-52(46)61-53(54)34-45)38-27-29-42(30-28-38)51-36-50(41-19-9-3-10-20-41)57-55(60-51)43-21-11-4-12-22-43/h1-36,55,60H. The second-order valence-corrected chi connectivity index (χ2v) is 15.2. The van der Waals surface area contributed by atoms with E-state index in [1.807, 2.05) is 60.7 Å². The van der Waals surface area contributed by atoms with Crippen LogP contribution in [0, 0.1) is 0 Å². The zero-order chi connectivity index (χ0) is 40.5. The summed E-state index contributed by atoms with van der Waals surface area (Å²) < 4.78 is 6.55. The lowest BCUT2D eigenvalue weighted by Gasteiger charge is -2.25. The van der Waals surface area contributed by atoms with Crippen LogP contribution < -0.4 is 5.32 Å². The predicted molar refractivity (Wildman–Crippen MR) is 250 cm³/mol. The van der Waals surface area contributed by atoms with Gasteiger partial charge in [0.2, 0.25) is 0 Å². The third kappa shape index (κ3) is 7.09. The van der Waals surface area contributed by atoms with Crippen molar-refractivity contribution in [2.75, 3.05) is 0 Å². The van der Waals surface area contributed by atoms with Crippen molar-refractivity contribution in [3.8, 4) is 56.2 Å². The first-order chi connectivity index (χ1) is 30.2. The average molecular weight is 783 g/mol. The molecule has 288 valence electrons. The van der Waals surface area contributed by atoms with E-state index in [2.05, 4.69) is 163 Å². The summed E-state index contributed by atoms with van der Waals surface area (Å²) in [5.41, 5.74) is 16.1. The quantitative estimate of drug-likeness (QED) is 0.167. The van der Waals surface area contributed by atoms with Crippen molar-refractivity contribution in [3.63, 3.8) is 0 Å². The molecule has 5 nitrogen and oxygen atoms in total. The zero-order valence-corrected chi connectivity index (χ0v) is 33.1. The minimum Gasteiger partial charge on any atom is -0.456 e. The van der Waals surface area contributed by atoms with Gasteiger partial charge in [-0.15, -0.1) is 0 Å². The van der Waals surface area contributed by atoms with Crippen LogP contribution in [-0.2, 0) is 0 Å². The lowest BCUT2D eigenvalue weighted by molar-refractivity contribution is 0.664. The largest absolute Gasteiger partial charge is 0.456 e. The summed E-state index contributed by atoms with van der Waals surface area (Å²) in [4.78, 5) is 15.2. The summed E-state index contributed by atoms with van der Waals surface area (Å²) in [6, 6.07) is 73.5. The first-order valence-corrected chi connectivity index (χ1v) is 20.5. The van der Waals surface area contributed by atoms with E-state index < -0.39 is 0 Å². The second-order valence-electron chi connectivity index (χ2n) is 15.2. The number of furan rings is 1. The Morgan fingerprint density at radius 3 is 1.61 bits per heavy atom. The van der Waals surface area contributed by atoms with Gasteiger partial charge in [0.05, 0.1) is 17.1 Å². The Morgan fingerprint density at radius 2 is 0.951 bits per heavy atom. The number of benzene rings is 8. The maximum Gasteiger partial charge on any atom is 0.160 e. The lowest BCUT2D eigenvalue weighted by Crippen LogP contribution is -2.24. The smallest absolute Gasteiger partial charge is 0.160 e. The van der Waals surface area contributed by atoms with Crippen LogP contribution in [0.15, 0.2) is 228 Å². The SMILES string of the molecule is C1=C(c2ccc(-c3cc(-c4ccc(-c5nc(-c6ccccc6)cc(-c6ccccc6)n5)cc4)cc4oc5ccccc5c34)cc2)NC(c2ccccc2)N=C1c1ccccc1. The van der Waals surface area contributed by atoms with Crippen molar-refractivity contribution in [1.29, 1.82) is 0 Å². The third-order valence-corrected chi connectivity index (χ3v) is 11.4. The predicted octanol–water partition coefficient (Wildman–Crippen LogP) is 13.8. The maximum absolute atomic E-state index is 6.55. The average Bonchev–Trinajstić information content (AvgIpc) is 3.73. The summed E-state index contributed by atoms with van der Waals surface area (Å²) in [5.74, 6) is 0.681. The minimum absolute atomic E-state index is 0.207. The van der Waals surface area contributed by atoms with E-state index in [9.17, 15) is 0 Å². The molecule has 0 amide bonds. The number of rotatable bonds is 8. The molecule has 11 rings (SSSR count). The number of fused-ring (bicyclic) bond motifs is 3. The molecule has 5 heteroatoms. The highest BCUT2D eigenvalue weighted by molar-refractivity contribution is 6.14. The molecule has 1 aliphatic heterocycles. The number of hydrogen-bond acceptors (Lipinski definition) is 5. The van der Waals surface area contributed by atoms with Crippen LogP contribution in [0.25, 0.3) is 83.8 Å². The molecule has 1 N–H and O–H groups in total. The fraction of sp³-hybridized carbons (Fsp3) is 0.0179. The Morgan fingerprint density at radius 1 is 0.410 bits per heavy atom. The number of aliphatic imine (C=N–C) groups is 1. The normalized spacial score (nSPS) is 13.7. The number of allylic oxidation sites excluding steroid dienone is 1. The van der Waals surface area contributed by atoms with Gasteiger partial charge in [0, 0.05) is 33.2 Å². The molecule has 8 aromatic carbocycles. The van der Waals surface area contributed by atoms with Gasteiger partial charge in [-0.3, -0.25) is 4.99 Å². The van der Waals surface area contributed by atoms with Gasteiger partial charge in [0.25, 0.3) is 0 Å². The number of nitrogens with one attached hydrogen (secondary N) is 1. The Balaban J connectivity index is 0.970. The van der Waals surface area contributed by atoms with Gasteiger partial charge in [-0.2, -0.15) is 0 Å². The summed E-state index contributed by atoms with van der Waals surface area (Å²) in [6.45, 7) is 0. The van der Waals surface area contributed by atoms with E-state index in [0.29, 0.717) is 5.82 Å². The van der Waals surface area contributed by atoms with Crippen molar-refractivity contribution in [2.24, 2.45) is 4.99 Å². The van der Waals surface area contributed by atoms with Crippen LogP contribution in [-0.4, -0.2) is 15.7 Å². The van der Waals surface area contributed by atoms with E-state index in [1.165, 1.54) is 0 Å².